The molecule has 0 unspecified atom stereocenters. The SMILES string of the molecule is CCCNCc1ncc(-c2ccc(Cl)cc2)[nH]1. The number of aromatic nitrogens is 2. The van der Waals surface area contributed by atoms with Gasteiger partial charge >= 0.3 is 0 Å². The van der Waals surface area contributed by atoms with Crippen molar-refractivity contribution in [3.8, 4) is 11.3 Å². The summed E-state index contributed by atoms with van der Waals surface area (Å²) in [5.74, 6) is 0.961. The fourth-order valence-electron chi connectivity index (χ4n) is 1.61. The molecule has 2 N–H and O–H groups in total. The van der Waals surface area contributed by atoms with Crippen LogP contribution in [0, 0.1) is 0 Å². The molecule has 3 nitrogen and oxygen atoms in total. The summed E-state index contributed by atoms with van der Waals surface area (Å²) in [6, 6.07) is 7.73. The summed E-state index contributed by atoms with van der Waals surface area (Å²) in [6.45, 7) is 3.94. The number of nitrogens with one attached hydrogen (secondary N) is 2. The second kappa shape index (κ2) is 5.84. The fraction of sp³-hybridized carbons (Fsp3) is 0.308. The molecule has 0 aliphatic carbocycles. The Morgan fingerprint density at radius 1 is 1.29 bits per heavy atom. The maximum atomic E-state index is 5.85. The maximum absolute atomic E-state index is 5.85. The quantitative estimate of drug-likeness (QED) is 0.799. The number of imidazole rings is 1. The third-order valence-corrected chi connectivity index (χ3v) is 2.75. The van der Waals surface area contributed by atoms with Gasteiger partial charge in [0.25, 0.3) is 0 Å². The van der Waals surface area contributed by atoms with Gasteiger partial charge in [-0.1, -0.05) is 30.7 Å². The first-order chi connectivity index (χ1) is 8.29. The third-order valence-electron chi connectivity index (χ3n) is 2.50. The number of nitrogens with zero attached hydrogens (tertiary/aromatic N) is 1. The molecule has 0 fully saturated rings. The molecule has 0 saturated carbocycles. The summed E-state index contributed by atoms with van der Waals surface area (Å²) in [4.78, 5) is 7.63. The molecule has 0 aliphatic heterocycles. The first-order valence-corrected chi connectivity index (χ1v) is 6.18. The van der Waals surface area contributed by atoms with E-state index < -0.39 is 0 Å². The molecule has 1 aromatic heterocycles. The van der Waals surface area contributed by atoms with Crippen molar-refractivity contribution >= 4 is 11.6 Å². The smallest absolute Gasteiger partial charge is 0.120 e. The van der Waals surface area contributed by atoms with E-state index in [1.807, 2.05) is 30.5 Å². The van der Waals surface area contributed by atoms with Gasteiger partial charge < -0.3 is 10.3 Å². The predicted octanol–water partition coefficient (Wildman–Crippen LogP) is 3.23. The molecule has 0 radical (unpaired) electrons. The molecule has 90 valence electrons. The fourth-order valence-corrected chi connectivity index (χ4v) is 1.74. The Labute approximate surface area is 106 Å². The van der Waals surface area contributed by atoms with E-state index in [2.05, 4.69) is 22.2 Å². The van der Waals surface area contributed by atoms with Crippen molar-refractivity contribution in [3.63, 3.8) is 0 Å². The monoisotopic (exact) mass is 249 g/mol. The van der Waals surface area contributed by atoms with Crippen LogP contribution in [-0.2, 0) is 6.54 Å². The highest BCUT2D eigenvalue weighted by molar-refractivity contribution is 6.30. The first-order valence-electron chi connectivity index (χ1n) is 5.80. The van der Waals surface area contributed by atoms with Crippen LogP contribution in [0.25, 0.3) is 11.3 Å². The van der Waals surface area contributed by atoms with Crippen LogP contribution in [0.2, 0.25) is 5.02 Å². The van der Waals surface area contributed by atoms with Crippen LogP contribution in [-0.4, -0.2) is 16.5 Å². The molecule has 0 amide bonds. The van der Waals surface area contributed by atoms with Crippen LogP contribution in [0.4, 0.5) is 0 Å². The van der Waals surface area contributed by atoms with Crippen LogP contribution in [0.3, 0.4) is 0 Å². The summed E-state index contributed by atoms with van der Waals surface area (Å²) in [7, 11) is 0. The predicted molar refractivity (Wildman–Crippen MR) is 71.0 cm³/mol. The number of H-pyrrole nitrogens is 1. The minimum Gasteiger partial charge on any atom is -0.341 e. The van der Waals surface area contributed by atoms with E-state index >= 15 is 0 Å². The number of hydrogen-bond acceptors (Lipinski definition) is 2. The van der Waals surface area contributed by atoms with Gasteiger partial charge in [0.05, 0.1) is 18.4 Å². The minimum atomic E-state index is 0.748. The largest absolute Gasteiger partial charge is 0.341 e. The molecule has 1 aromatic carbocycles. The second-order valence-corrected chi connectivity index (χ2v) is 4.36. The lowest BCUT2D eigenvalue weighted by molar-refractivity contribution is 0.655. The Hall–Kier alpha value is -1.32. The van der Waals surface area contributed by atoms with Crippen molar-refractivity contribution in [2.24, 2.45) is 0 Å². The van der Waals surface area contributed by atoms with E-state index in [9.17, 15) is 0 Å². The van der Waals surface area contributed by atoms with Gasteiger partial charge in [-0.25, -0.2) is 4.98 Å². The average molecular weight is 250 g/mol. The minimum absolute atomic E-state index is 0.748. The van der Waals surface area contributed by atoms with Crippen molar-refractivity contribution in [2.45, 2.75) is 19.9 Å². The number of rotatable bonds is 5. The zero-order valence-electron chi connectivity index (χ0n) is 9.83. The van der Waals surface area contributed by atoms with Gasteiger partial charge in [-0.2, -0.15) is 0 Å². The van der Waals surface area contributed by atoms with Crippen LogP contribution in [0.1, 0.15) is 19.2 Å². The zero-order valence-corrected chi connectivity index (χ0v) is 10.6. The highest BCUT2D eigenvalue weighted by atomic mass is 35.5. The highest BCUT2D eigenvalue weighted by Crippen LogP contribution is 2.19. The third kappa shape index (κ3) is 3.32. The summed E-state index contributed by atoms with van der Waals surface area (Å²) in [5.41, 5.74) is 2.12. The van der Waals surface area contributed by atoms with E-state index in [-0.39, 0.29) is 0 Å². The lowest BCUT2D eigenvalue weighted by atomic mass is 10.2. The van der Waals surface area contributed by atoms with Crippen LogP contribution in [0.5, 0.6) is 0 Å². The lowest BCUT2D eigenvalue weighted by Crippen LogP contribution is -2.14. The van der Waals surface area contributed by atoms with E-state index in [0.29, 0.717) is 0 Å². The van der Waals surface area contributed by atoms with Crippen molar-refractivity contribution in [1.29, 1.82) is 0 Å². The highest BCUT2D eigenvalue weighted by Gasteiger charge is 2.02. The maximum Gasteiger partial charge on any atom is 0.120 e. The van der Waals surface area contributed by atoms with Gasteiger partial charge in [0.2, 0.25) is 0 Å². The standard InChI is InChI=1S/C13H16ClN3/c1-2-7-15-9-13-16-8-12(17-13)10-3-5-11(14)6-4-10/h3-6,8,15H,2,7,9H2,1H3,(H,16,17). The second-order valence-electron chi connectivity index (χ2n) is 3.93. The van der Waals surface area contributed by atoms with E-state index in [1.54, 1.807) is 0 Å². The van der Waals surface area contributed by atoms with Crippen LogP contribution >= 0.6 is 11.6 Å². The normalized spacial score (nSPS) is 10.7. The van der Waals surface area contributed by atoms with Crippen molar-refractivity contribution < 1.29 is 0 Å². The molecular weight excluding hydrogens is 234 g/mol. The van der Waals surface area contributed by atoms with E-state index in [4.69, 9.17) is 11.6 Å². The zero-order chi connectivity index (χ0) is 12.1. The van der Waals surface area contributed by atoms with Gasteiger partial charge in [0, 0.05) is 5.02 Å². The molecular formula is C13H16ClN3. The summed E-state index contributed by atoms with van der Waals surface area (Å²) in [5, 5.41) is 4.06. The lowest BCUT2D eigenvalue weighted by Gasteiger charge is -1.99. The Morgan fingerprint density at radius 2 is 2.06 bits per heavy atom. The molecule has 0 atom stereocenters. The summed E-state index contributed by atoms with van der Waals surface area (Å²) >= 11 is 5.85. The Kier molecular flexibility index (Phi) is 4.18. The van der Waals surface area contributed by atoms with Gasteiger partial charge in [-0.3, -0.25) is 0 Å². The molecule has 4 heteroatoms. The van der Waals surface area contributed by atoms with Gasteiger partial charge in [0.15, 0.2) is 0 Å². The molecule has 0 spiro atoms. The van der Waals surface area contributed by atoms with Gasteiger partial charge in [-0.15, -0.1) is 0 Å². The van der Waals surface area contributed by atoms with Crippen molar-refractivity contribution in [3.05, 3.63) is 41.3 Å². The summed E-state index contributed by atoms with van der Waals surface area (Å²) in [6.07, 6.45) is 2.98. The molecule has 2 rings (SSSR count). The topological polar surface area (TPSA) is 40.7 Å². The Morgan fingerprint density at radius 3 is 2.76 bits per heavy atom. The summed E-state index contributed by atoms with van der Waals surface area (Å²) < 4.78 is 0. The van der Waals surface area contributed by atoms with E-state index in [1.165, 1.54) is 0 Å². The molecule has 17 heavy (non-hydrogen) atoms. The number of benzene rings is 1. The number of aromatic amines is 1. The van der Waals surface area contributed by atoms with Crippen molar-refractivity contribution in [1.82, 2.24) is 15.3 Å². The Balaban J connectivity index is 2.04. The molecule has 2 aromatic rings. The molecule has 1 heterocycles. The van der Waals surface area contributed by atoms with Crippen LogP contribution < -0.4 is 5.32 Å². The van der Waals surface area contributed by atoms with Gasteiger partial charge in [0.1, 0.15) is 5.82 Å². The first kappa shape index (κ1) is 12.1. The van der Waals surface area contributed by atoms with Gasteiger partial charge in [-0.05, 0) is 30.7 Å². The average Bonchev–Trinajstić information content (AvgIpc) is 2.79. The molecule has 0 aliphatic rings. The van der Waals surface area contributed by atoms with E-state index in [0.717, 1.165) is 41.6 Å². The van der Waals surface area contributed by atoms with Crippen LogP contribution in [0.15, 0.2) is 30.5 Å². The molecule has 0 bridgehead atoms. The Bertz CT molecular complexity index is 462. The number of hydrogen-bond donors (Lipinski definition) is 2. The number of halogens is 1. The van der Waals surface area contributed by atoms with Crippen molar-refractivity contribution in [2.75, 3.05) is 6.54 Å². The molecule has 0 saturated heterocycles.